The third-order valence-corrected chi connectivity index (χ3v) is 5.12. The summed E-state index contributed by atoms with van der Waals surface area (Å²) in [5.41, 5.74) is -0.0484. The molecule has 0 fully saturated rings. The maximum absolute atomic E-state index is 11.2. The quantitative estimate of drug-likeness (QED) is 0.223. The van der Waals surface area contributed by atoms with Crippen LogP contribution in [0.1, 0.15) is 46.0 Å². The zero-order valence-electron chi connectivity index (χ0n) is 15.8. The van der Waals surface area contributed by atoms with Gasteiger partial charge in [-0.1, -0.05) is 18.2 Å². The van der Waals surface area contributed by atoms with Gasteiger partial charge in [-0.05, 0) is 69.7 Å². The predicted octanol–water partition coefficient (Wildman–Crippen LogP) is 3.84. The van der Waals surface area contributed by atoms with Gasteiger partial charge in [0.25, 0.3) is 0 Å². The van der Waals surface area contributed by atoms with E-state index in [0.29, 0.717) is 12.8 Å². The molecule has 0 aliphatic carbocycles. The number of aldehydes is 1. The highest BCUT2D eigenvalue weighted by atomic mass is 32.2. The van der Waals surface area contributed by atoms with Crippen LogP contribution in [-0.4, -0.2) is 29.9 Å². The van der Waals surface area contributed by atoms with Gasteiger partial charge in [0.05, 0.1) is 0 Å². The minimum Gasteiger partial charge on any atom is -0.508 e. The first-order valence-electron chi connectivity index (χ1n) is 8.92. The summed E-state index contributed by atoms with van der Waals surface area (Å²) >= 11 is 1.51. The number of unbranched alkanes of at least 4 members (excludes halogenated alkanes) is 1. The first-order valence-corrected chi connectivity index (χ1v) is 9.73. The number of rotatable bonds is 12. The zero-order valence-corrected chi connectivity index (χ0v) is 16.6. The Morgan fingerprint density at radius 2 is 2.15 bits per heavy atom. The topological polar surface area (TPSA) is 78.4 Å². The Hall–Kier alpha value is -1.79. The lowest BCUT2D eigenvalue weighted by Gasteiger charge is -2.25. The van der Waals surface area contributed by atoms with Crippen molar-refractivity contribution >= 4 is 24.1 Å². The highest BCUT2D eigenvalue weighted by Gasteiger charge is 2.16. The Kier molecular flexibility index (Phi) is 10.1. The molecular formula is C20H30N2O3S. The third-order valence-electron chi connectivity index (χ3n) is 3.98. The predicted molar refractivity (Wildman–Crippen MR) is 107 cm³/mol. The number of carbonyl (C=O) groups is 2. The molecule has 5 nitrogen and oxygen atoms in total. The molecule has 0 saturated heterocycles. The molecule has 0 saturated carbocycles. The van der Waals surface area contributed by atoms with E-state index in [9.17, 15) is 14.7 Å². The van der Waals surface area contributed by atoms with Gasteiger partial charge in [0, 0.05) is 29.8 Å². The smallest absolute Gasteiger partial charge is 0.219 e. The monoisotopic (exact) mass is 378 g/mol. The van der Waals surface area contributed by atoms with Gasteiger partial charge in [0.1, 0.15) is 12.0 Å². The van der Waals surface area contributed by atoms with Crippen LogP contribution in [0.15, 0.2) is 41.3 Å². The lowest BCUT2D eigenvalue weighted by Crippen LogP contribution is -2.34. The average molecular weight is 379 g/mol. The summed E-state index contributed by atoms with van der Waals surface area (Å²) < 4.78 is 3.43. The molecule has 0 heterocycles. The lowest BCUT2D eigenvalue weighted by molar-refractivity contribution is -0.120. The molecule has 1 amide bonds. The van der Waals surface area contributed by atoms with Gasteiger partial charge in [-0.25, -0.2) is 0 Å². The average Bonchev–Trinajstić information content (AvgIpc) is 2.62. The van der Waals surface area contributed by atoms with Gasteiger partial charge in [0.2, 0.25) is 5.91 Å². The van der Waals surface area contributed by atoms with Crippen molar-refractivity contribution in [2.75, 3.05) is 7.05 Å². The fourth-order valence-corrected chi connectivity index (χ4v) is 3.18. The number of benzene rings is 1. The van der Waals surface area contributed by atoms with Crippen LogP contribution in [0, 0.1) is 5.92 Å². The van der Waals surface area contributed by atoms with E-state index < -0.39 is 0 Å². The van der Waals surface area contributed by atoms with E-state index in [1.54, 1.807) is 19.2 Å². The van der Waals surface area contributed by atoms with Crippen LogP contribution in [0.4, 0.5) is 0 Å². The molecule has 6 heteroatoms. The van der Waals surface area contributed by atoms with E-state index in [4.69, 9.17) is 0 Å². The number of phenolic OH excluding ortho intramolecular Hbond substituents is 1. The second kappa shape index (κ2) is 11.8. The SMILES string of the molecule is CNC(=O)CCC(C=O)/C=C/CCCC(C)(C)NSc1cccc(O)c1. The molecule has 1 aromatic rings. The van der Waals surface area contributed by atoms with Crippen LogP contribution in [0.5, 0.6) is 5.75 Å². The molecule has 1 aromatic carbocycles. The summed E-state index contributed by atoms with van der Waals surface area (Å²) in [5, 5.41) is 12.1. The highest BCUT2D eigenvalue weighted by Crippen LogP contribution is 2.24. The molecular weight excluding hydrogens is 348 g/mol. The summed E-state index contributed by atoms with van der Waals surface area (Å²) in [7, 11) is 1.60. The highest BCUT2D eigenvalue weighted by molar-refractivity contribution is 7.97. The van der Waals surface area contributed by atoms with Crippen molar-refractivity contribution in [1.29, 1.82) is 0 Å². The summed E-state index contributed by atoms with van der Waals surface area (Å²) in [6, 6.07) is 7.16. The molecule has 1 atom stereocenters. The van der Waals surface area contributed by atoms with E-state index in [0.717, 1.165) is 30.4 Å². The minimum atomic E-state index is -0.195. The first-order chi connectivity index (χ1) is 12.4. The van der Waals surface area contributed by atoms with E-state index in [1.807, 2.05) is 24.3 Å². The first kappa shape index (κ1) is 22.3. The van der Waals surface area contributed by atoms with Gasteiger partial charge in [-0.2, -0.15) is 0 Å². The Morgan fingerprint density at radius 3 is 2.81 bits per heavy atom. The Balaban J connectivity index is 2.29. The molecule has 0 aliphatic heterocycles. The molecule has 0 bridgehead atoms. The van der Waals surface area contributed by atoms with E-state index in [2.05, 4.69) is 23.9 Å². The molecule has 26 heavy (non-hydrogen) atoms. The van der Waals surface area contributed by atoms with Gasteiger partial charge >= 0.3 is 0 Å². The number of phenols is 1. The van der Waals surface area contributed by atoms with Crippen molar-refractivity contribution in [2.45, 2.75) is 56.4 Å². The molecule has 144 valence electrons. The van der Waals surface area contributed by atoms with Gasteiger partial charge in [-0.15, -0.1) is 0 Å². The summed E-state index contributed by atoms with van der Waals surface area (Å²) in [4.78, 5) is 23.3. The number of hydrogen-bond acceptors (Lipinski definition) is 5. The van der Waals surface area contributed by atoms with E-state index in [1.165, 1.54) is 11.9 Å². The molecule has 3 N–H and O–H groups in total. The number of amides is 1. The normalized spacial score (nSPS) is 12.9. The second-order valence-corrected chi connectivity index (χ2v) is 7.80. The van der Waals surface area contributed by atoms with Crippen LogP contribution in [0.2, 0.25) is 0 Å². The molecule has 0 aromatic heterocycles. The maximum Gasteiger partial charge on any atom is 0.219 e. The molecule has 0 radical (unpaired) electrons. The van der Waals surface area contributed by atoms with Crippen LogP contribution in [0.25, 0.3) is 0 Å². The number of aromatic hydroxyl groups is 1. The number of carbonyl (C=O) groups excluding carboxylic acids is 2. The number of allylic oxidation sites excluding steroid dienone is 2. The molecule has 0 aliphatic rings. The number of hydrogen-bond donors (Lipinski definition) is 3. The summed E-state index contributed by atoms with van der Waals surface area (Å²) in [6.45, 7) is 4.29. The van der Waals surface area contributed by atoms with Crippen molar-refractivity contribution in [3.63, 3.8) is 0 Å². The fourth-order valence-electron chi connectivity index (χ4n) is 2.36. The lowest BCUT2D eigenvalue weighted by atomic mass is 9.98. The van der Waals surface area contributed by atoms with Crippen molar-refractivity contribution in [1.82, 2.24) is 10.0 Å². The van der Waals surface area contributed by atoms with E-state index >= 15 is 0 Å². The molecule has 1 unspecified atom stereocenters. The Morgan fingerprint density at radius 1 is 1.38 bits per heavy atom. The van der Waals surface area contributed by atoms with E-state index in [-0.39, 0.29) is 23.1 Å². The van der Waals surface area contributed by atoms with Crippen molar-refractivity contribution in [3.05, 3.63) is 36.4 Å². The Bertz CT molecular complexity index is 602. The van der Waals surface area contributed by atoms with Gasteiger partial charge in [0.15, 0.2) is 0 Å². The fraction of sp³-hybridized carbons (Fsp3) is 0.500. The third kappa shape index (κ3) is 9.63. The van der Waals surface area contributed by atoms with Crippen LogP contribution in [0.3, 0.4) is 0 Å². The zero-order chi connectivity index (χ0) is 19.4. The largest absolute Gasteiger partial charge is 0.508 e. The van der Waals surface area contributed by atoms with Crippen LogP contribution >= 0.6 is 11.9 Å². The van der Waals surface area contributed by atoms with Gasteiger partial charge in [-0.3, -0.25) is 9.52 Å². The summed E-state index contributed by atoms with van der Waals surface area (Å²) in [6.07, 6.45) is 8.62. The summed E-state index contributed by atoms with van der Waals surface area (Å²) in [5.74, 6) is 0.0305. The molecule has 0 spiro atoms. The van der Waals surface area contributed by atoms with Crippen molar-refractivity contribution in [3.8, 4) is 5.75 Å². The van der Waals surface area contributed by atoms with Crippen molar-refractivity contribution < 1.29 is 14.7 Å². The Labute approximate surface area is 160 Å². The van der Waals surface area contributed by atoms with Crippen LogP contribution < -0.4 is 10.0 Å². The van der Waals surface area contributed by atoms with Crippen LogP contribution in [-0.2, 0) is 9.59 Å². The van der Waals surface area contributed by atoms with Gasteiger partial charge < -0.3 is 15.2 Å². The second-order valence-electron chi connectivity index (χ2n) is 6.92. The van der Waals surface area contributed by atoms with Crippen molar-refractivity contribution in [2.24, 2.45) is 5.92 Å². The number of nitrogens with one attached hydrogen (secondary N) is 2. The molecule has 1 rings (SSSR count). The minimum absolute atomic E-state index is 0.0395. The maximum atomic E-state index is 11.2. The standard InChI is InChI=1S/C20H30N2O3S/c1-20(2,22-26-18-10-7-9-17(24)14-18)13-6-4-5-8-16(15-23)11-12-19(25)21-3/h5,7-10,14-16,22,24H,4,6,11-13H2,1-3H3,(H,21,25)/b8-5+.